The van der Waals surface area contributed by atoms with Crippen LogP contribution in [0.5, 0.6) is 0 Å². The smallest absolute Gasteiger partial charge is 0.410 e. The Hall–Kier alpha value is -1.55. The normalized spacial score (nSPS) is 36.0. The molecule has 3 aliphatic heterocycles. The number of carbonyl (C=O) groups excluding carboxylic acids is 1. The highest BCUT2D eigenvalue weighted by molar-refractivity contribution is 5.71. The van der Waals surface area contributed by atoms with E-state index in [1.807, 2.05) is 11.8 Å². The van der Waals surface area contributed by atoms with Gasteiger partial charge >= 0.3 is 6.09 Å². The molecule has 106 valence electrons. The van der Waals surface area contributed by atoms with Crippen LogP contribution in [0.25, 0.3) is 0 Å². The van der Waals surface area contributed by atoms with E-state index in [-0.39, 0.29) is 18.2 Å². The van der Waals surface area contributed by atoms with Gasteiger partial charge in [0.15, 0.2) is 0 Å². The summed E-state index contributed by atoms with van der Waals surface area (Å²) in [6.45, 7) is 3.85. The third-order valence-electron chi connectivity index (χ3n) is 5.06. The number of carbonyl (C=O) groups is 1. The Kier molecular flexibility index (Phi) is 2.74. The maximum Gasteiger partial charge on any atom is 0.410 e. The first-order valence-corrected chi connectivity index (χ1v) is 7.51. The first-order valence-electron chi connectivity index (χ1n) is 7.51. The Balaban J connectivity index is 1.59. The summed E-state index contributed by atoms with van der Waals surface area (Å²) in [6.07, 6.45) is 2.29. The van der Waals surface area contributed by atoms with E-state index >= 15 is 0 Å². The van der Waals surface area contributed by atoms with Crippen molar-refractivity contribution in [2.24, 2.45) is 0 Å². The van der Waals surface area contributed by atoms with Crippen LogP contribution in [-0.2, 0) is 11.3 Å². The van der Waals surface area contributed by atoms with Gasteiger partial charge in [0.05, 0.1) is 6.04 Å². The summed E-state index contributed by atoms with van der Waals surface area (Å²) in [5.41, 5.74) is 1.36. The molecular formula is C16H20N2O2. The van der Waals surface area contributed by atoms with Gasteiger partial charge in [0, 0.05) is 25.2 Å². The third-order valence-corrected chi connectivity index (χ3v) is 5.06. The van der Waals surface area contributed by atoms with Crippen molar-refractivity contribution in [2.45, 2.75) is 50.5 Å². The molecule has 4 heteroatoms. The zero-order chi connectivity index (χ0) is 13.7. The SMILES string of the molecule is C[C@H]1OC(=O)N2C[C@@H]3CC[C@H](C12)N3Cc1ccccc1. The van der Waals surface area contributed by atoms with Crippen LogP contribution in [0.2, 0.25) is 0 Å². The van der Waals surface area contributed by atoms with Crippen molar-refractivity contribution in [1.29, 1.82) is 0 Å². The van der Waals surface area contributed by atoms with Crippen LogP contribution in [0, 0.1) is 0 Å². The highest BCUT2D eigenvalue weighted by Crippen LogP contribution is 2.40. The number of rotatable bonds is 2. The maximum absolute atomic E-state index is 11.9. The molecular weight excluding hydrogens is 252 g/mol. The van der Waals surface area contributed by atoms with Gasteiger partial charge in [0.1, 0.15) is 6.10 Å². The third kappa shape index (κ3) is 1.74. The standard InChI is InChI=1S/C16H20N2O2/c1-11-15-14-8-7-13(10-18(15)16(19)20-11)17(14)9-12-5-3-2-4-6-12/h2-6,11,13-15H,7-10H2,1H3/t11-,13+,14-,15?/m1/s1. The van der Waals surface area contributed by atoms with Crippen molar-refractivity contribution in [2.75, 3.05) is 6.54 Å². The molecule has 4 atom stereocenters. The van der Waals surface area contributed by atoms with Crippen LogP contribution in [0.3, 0.4) is 0 Å². The number of hydrogen-bond donors (Lipinski definition) is 0. The molecule has 2 bridgehead atoms. The second kappa shape index (κ2) is 4.48. The van der Waals surface area contributed by atoms with Crippen molar-refractivity contribution >= 4 is 6.09 Å². The Labute approximate surface area is 119 Å². The number of hydrogen-bond acceptors (Lipinski definition) is 3. The Morgan fingerprint density at radius 1 is 1.25 bits per heavy atom. The zero-order valence-corrected chi connectivity index (χ0v) is 11.7. The predicted molar refractivity (Wildman–Crippen MR) is 75.2 cm³/mol. The molecule has 0 radical (unpaired) electrons. The molecule has 4 nitrogen and oxygen atoms in total. The molecule has 3 heterocycles. The minimum absolute atomic E-state index is 0.0184. The van der Waals surface area contributed by atoms with Gasteiger partial charge in [0.2, 0.25) is 0 Å². The molecule has 3 fully saturated rings. The second-order valence-electron chi connectivity index (χ2n) is 6.19. The number of nitrogens with zero attached hydrogens (tertiary/aromatic N) is 2. The minimum atomic E-state index is -0.112. The van der Waals surface area contributed by atoms with Crippen LogP contribution in [0.1, 0.15) is 25.3 Å². The lowest BCUT2D eigenvalue weighted by Crippen LogP contribution is -2.59. The molecule has 1 amide bonds. The summed E-state index contributed by atoms with van der Waals surface area (Å²) < 4.78 is 5.42. The predicted octanol–water partition coefficient (Wildman–Crippen LogP) is 2.24. The van der Waals surface area contributed by atoms with Gasteiger partial charge in [-0.1, -0.05) is 30.3 Å². The highest BCUT2D eigenvalue weighted by Gasteiger charge is 2.54. The monoisotopic (exact) mass is 272 g/mol. The Morgan fingerprint density at radius 3 is 2.85 bits per heavy atom. The lowest BCUT2D eigenvalue weighted by atomic mass is 9.99. The first-order chi connectivity index (χ1) is 9.74. The minimum Gasteiger partial charge on any atom is -0.444 e. The van der Waals surface area contributed by atoms with Gasteiger partial charge in [-0.2, -0.15) is 0 Å². The van der Waals surface area contributed by atoms with E-state index in [0.29, 0.717) is 12.1 Å². The molecule has 0 spiro atoms. The van der Waals surface area contributed by atoms with Gasteiger partial charge in [-0.05, 0) is 25.3 Å². The van der Waals surface area contributed by atoms with E-state index in [1.165, 1.54) is 18.4 Å². The van der Waals surface area contributed by atoms with Crippen molar-refractivity contribution in [1.82, 2.24) is 9.80 Å². The van der Waals surface area contributed by atoms with E-state index in [2.05, 4.69) is 35.2 Å². The van der Waals surface area contributed by atoms with Crippen molar-refractivity contribution < 1.29 is 9.53 Å². The average Bonchev–Trinajstić information content (AvgIpc) is 2.87. The van der Waals surface area contributed by atoms with Crippen LogP contribution in [0.4, 0.5) is 4.79 Å². The summed E-state index contributed by atoms with van der Waals surface area (Å²) >= 11 is 0. The molecule has 3 aliphatic rings. The summed E-state index contributed by atoms with van der Waals surface area (Å²) in [6, 6.07) is 11.8. The summed E-state index contributed by atoms with van der Waals surface area (Å²) in [5, 5.41) is 0. The summed E-state index contributed by atoms with van der Waals surface area (Å²) in [7, 11) is 0. The van der Waals surface area contributed by atoms with Crippen molar-refractivity contribution in [3.63, 3.8) is 0 Å². The van der Waals surface area contributed by atoms with Gasteiger partial charge in [-0.25, -0.2) is 4.79 Å². The molecule has 0 saturated carbocycles. The van der Waals surface area contributed by atoms with Crippen LogP contribution in [-0.4, -0.2) is 46.7 Å². The van der Waals surface area contributed by atoms with Gasteiger partial charge in [-0.15, -0.1) is 0 Å². The number of benzene rings is 1. The van der Waals surface area contributed by atoms with Gasteiger partial charge in [-0.3, -0.25) is 9.80 Å². The van der Waals surface area contributed by atoms with E-state index in [4.69, 9.17) is 4.74 Å². The topological polar surface area (TPSA) is 32.8 Å². The van der Waals surface area contributed by atoms with Crippen LogP contribution >= 0.6 is 0 Å². The fourth-order valence-corrected chi connectivity index (χ4v) is 4.18. The van der Waals surface area contributed by atoms with E-state index in [1.54, 1.807) is 0 Å². The number of piperazine rings is 1. The lowest BCUT2D eigenvalue weighted by molar-refractivity contribution is 0.0395. The molecule has 20 heavy (non-hydrogen) atoms. The molecule has 1 aromatic rings. The second-order valence-corrected chi connectivity index (χ2v) is 6.19. The van der Waals surface area contributed by atoms with E-state index in [9.17, 15) is 4.79 Å². The number of cyclic esters (lactones) is 1. The molecule has 3 saturated heterocycles. The van der Waals surface area contributed by atoms with Crippen LogP contribution < -0.4 is 0 Å². The molecule has 0 aromatic heterocycles. The Bertz CT molecular complexity index is 518. The average molecular weight is 272 g/mol. The maximum atomic E-state index is 11.9. The van der Waals surface area contributed by atoms with Gasteiger partial charge < -0.3 is 4.74 Å². The number of ether oxygens (including phenoxy) is 1. The molecule has 1 aromatic carbocycles. The summed E-state index contributed by atoms with van der Waals surface area (Å²) in [5.74, 6) is 0. The van der Waals surface area contributed by atoms with E-state index < -0.39 is 0 Å². The van der Waals surface area contributed by atoms with Crippen molar-refractivity contribution in [3.8, 4) is 0 Å². The molecule has 0 N–H and O–H groups in total. The van der Waals surface area contributed by atoms with E-state index in [0.717, 1.165) is 13.1 Å². The van der Waals surface area contributed by atoms with Gasteiger partial charge in [0.25, 0.3) is 0 Å². The highest BCUT2D eigenvalue weighted by atomic mass is 16.6. The lowest BCUT2D eigenvalue weighted by Gasteiger charge is -2.43. The summed E-state index contributed by atoms with van der Waals surface area (Å²) in [4.78, 5) is 16.4. The zero-order valence-electron chi connectivity index (χ0n) is 11.7. The number of fused-ring (bicyclic) bond motifs is 4. The van der Waals surface area contributed by atoms with Crippen molar-refractivity contribution in [3.05, 3.63) is 35.9 Å². The molecule has 0 aliphatic carbocycles. The number of amides is 1. The Morgan fingerprint density at radius 2 is 2.05 bits per heavy atom. The molecule has 1 unspecified atom stereocenters. The fraction of sp³-hybridized carbons (Fsp3) is 0.562. The largest absolute Gasteiger partial charge is 0.444 e. The fourth-order valence-electron chi connectivity index (χ4n) is 4.18. The van der Waals surface area contributed by atoms with Crippen LogP contribution in [0.15, 0.2) is 30.3 Å². The first kappa shape index (κ1) is 12.2. The molecule has 4 rings (SSSR count). The quantitative estimate of drug-likeness (QED) is 0.827.